The number of esters is 20. The number of hydrogen-bond acceptors (Lipinski definition) is 34. The first-order chi connectivity index (χ1) is 55.9. The van der Waals surface area contributed by atoms with Gasteiger partial charge in [0, 0.05) is 11.1 Å². The lowest BCUT2D eigenvalue weighted by molar-refractivity contribution is 0.0425. The number of ether oxygens (including phenoxy) is 11. The molecule has 0 atom stereocenters. The lowest BCUT2D eigenvalue weighted by atomic mass is 9.91. The first kappa shape index (κ1) is 74.1. The molecule has 0 fully saturated rings. The molecule has 10 aromatic carbocycles. The number of rotatable bonds is 9. The van der Waals surface area contributed by atoms with Crippen molar-refractivity contribution in [1.29, 1.82) is 0 Å². The number of fused-ring (bicyclic) bond motifs is 10. The molecule has 0 saturated heterocycles. The average molecular weight is 1590 g/mol. The molecule has 570 valence electrons. The Morgan fingerprint density at radius 3 is 0.769 bits per heavy atom. The quantitative estimate of drug-likeness (QED) is 0.0564. The third-order valence-electron chi connectivity index (χ3n) is 18.6. The minimum atomic E-state index is -4.10. The summed E-state index contributed by atoms with van der Waals surface area (Å²) in [6, 6.07) is 42.3. The summed E-state index contributed by atoms with van der Waals surface area (Å²) in [6.07, 6.45) is 0.434. The van der Waals surface area contributed by atoms with Crippen LogP contribution in [0.2, 0.25) is 0 Å². The van der Waals surface area contributed by atoms with Crippen LogP contribution in [0.4, 0.5) is 0 Å². The molecule has 35 heteroatoms. The summed E-state index contributed by atoms with van der Waals surface area (Å²) in [5.41, 5.74) is 4.48. The van der Waals surface area contributed by atoms with Crippen molar-refractivity contribution in [2.24, 2.45) is 0 Å². The van der Waals surface area contributed by atoms with Gasteiger partial charge in [-0.25, -0.2) is 104 Å². The van der Waals surface area contributed by atoms with Crippen LogP contribution in [0.5, 0.6) is 11.5 Å². The van der Waals surface area contributed by atoms with Crippen LogP contribution >= 0.6 is 0 Å². The van der Waals surface area contributed by atoms with E-state index in [-0.39, 0.29) is 144 Å². The molecule has 0 spiro atoms. The molecule has 20 rings (SSSR count). The van der Waals surface area contributed by atoms with E-state index in [1.165, 1.54) is 97.1 Å². The van der Waals surface area contributed by atoms with Gasteiger partial charge in [-0.3, -0.25) is 4.79 Å². The maximum Gasteiger partial charge on any atom is 0.347 e. The summed E-state index contributed by atoms with van der Waals surface area (Å²) in [4.78, 5) is 243. The molecule has 10 aliphatic heterocycles. The standard InChI is InChI=1S/C17H6O7.C17H8O6.C16H6O8S.C16H6O7.C16H6O6/c18-13(7-1-3-9-11(5-7)16(21)23-14(9)19)8-2-4-10-12(6-8)17(22)24-15(10)20;18-14-10-3-1-8(6-12(10)16(20)22-14)5-9-2-4-11-13(7-9)17(21)23-15(11)19;17-13-9-3-1-7(5-11(9)15(19)23-13)25(21,22)8-2-4-10-12(6-8)16(20)24-14(10)18;17-13-9-3-1-7(5-11(9)15(19)22-13)21-8-2-4-10-12(6-8)16(20)23-14(10)18;17-13-9-5-1-3-7(11(9)15(19)21-13)8-4-2-6-10-12(8)16(20)22-14(10)18/h1-6H;1-4,6-7H,5H2;1-6H;1-6H;1-6H. The van der Waals surface area contributed by atoms with Crippen LogP contribution in [-0.2, 0) is 63.6 Å². The van der Waals surface area contributed by atoms with Crippen LogP contribution in [0.25, 0.3) is 11.1 Å². The van der Waals surface area contributed by atoms with Crippen molar-refractivity contribution in [1.82, 2.24) is 0 Å². The maximum atomic E-state index is 12.7. The smallest absolute Gasteiger partial charge is 0.347 e. The summed E-state index contributed by atoms with van der Waals surface area (Å²) in [7, 11) is -4.10. The van der Waals surface area contributed by atoms with Gasteiger partial charge in [-0.1, -0.05) is 48.5 Å². The Morgan fingerprint density at radius 2 is 0.453 bits per heavy atom. The summed E-state index contributed by atoms with van der Waals surface area (Å²) in [5.74, 6) is -15.1. The molecule has 0 radical (unpaired) electrons. The van der Waals surface area contributed by atoms with Crippen molar-refractivity contribution in [3.8, 4) is 22.6 Å². The number of ketones is 1. The molecule has 117 heavy (non-hydrogen) atoms. The van der Waals surface area contributed by atoms with E-state index >= 15 is 0 Å². The van der Waals surface area contributed by atoms with Gasteiger partial charge in [-0.05, 0) is 162 Å². The van der Waals surface area contributed by atoms with Crippen LogP contribution < -0.4 is 4.74 Å². The number of sulfone groups is 1. The lowest BCUT2D eigenvalue weighted by Gasteiger charge is -2.07. The van der Waals surface area contributed by atoms with E-state index in [1.807, 2.05) is 0 Å². The second-order valence-electron chi connectivity index (χ2n) is 25.4. The Hall–Kier alpha value is -17.0. The maximum absolute atomic E-state index is 12.7. The van der Waals surface area contributed by atoms with Crippen molar-refractivity contribution in [2.75, 3.05) is 0 Å². The Balaban J connectivity index is 0.000000110. The third-order valence-corrected chi connectivity index (χ3v) is 20.3. The number of benzene rings is 10. The van der Waals surface area contributed by atoms with Crippen molar-refractivity contribution in [3.63, 3.8) is 0 Å². The Labute approximate surface area is 647 Å². The van der Waals surface area contributed by atoms with Crippen molar-refractivity contribution < 1.29 is 161 Å². The van der Waals surface area contributed by atoms with E-state index in [0.717, 1.165) is 35.4 Å². The predicted octanol–water partition coefficient (Wildman–Crippen LogP) is 8.65. The van der Waals surface area contributed by atoms with Gasteiger partial charge in [0.2, 0.25) is 9.84 Å². The van der Waals surface area contributed by atoms with Gasteiger partial charge in [0.15, 0.2) is 5.78 Å². The summed E-state index contributed by atoms with van der Waals surface area (Å²) in [6.45, 7) is 0. The first-order valence-corrected chi connectivity index (χ1v) is 34.9. The molecule has 0 amide bonds. The second kappa shape index (κ2) is 28.1. The summed E-state index contributed by atoms with van der Waals surface area (Å²) in [5, 5.41) is 0. The fraction of sp³-hybridized carbons (Fsp3) is 0.0122. The highest BCUT2D eigenvalue weighted by Crippen LogP contribution is 2.39. The average Bonchev–Trinajstić information content (AvgIpc) is 1.65. The molecule has 10 heterocycles. The zero-order valence-corrected chi connectivity index (χ0v) is 58.6. The lowest BCUT2D eigenvalue weighted by Crippen LogP contribution is -2.06. The minimum absolute atomic E-state index is 0.0154. The molecule has 10 aliphatic rings. The van der Waals surface area contributed by atoms with Gasteiger partial charge in [-0.15, -0.1) is 0 Å². The van der Waals surface area contributed by atoms with E-state index in [9.17, 15) is 109 Å². The number of cyclic esters (lactones) is 20. The highest BCUT2D eigenvalue weighted by atomic mass is 32.2. The normalized spacial score (nSPS) is 15.3. The Bertz CT molecular complexity index is 6200. The number of hydrogen-bond donors (Lipinski definition) is 0. The molecule has 10 aromatic rings. The third kappa shape index (κ3) is 13.1. The molecule has 0 aliphatic carbocycles. The molecule has 0 aromatic heterocycles. The Kier molecular flexibility index (Phi) is 17.8. The second-order valence-corrected chi connectivity index (χ2v) is 27.4. The molecule has 34 nitrogen and oxygen atoms in total. The van der Waals surface area contributed by atoms with Crippen LogP contribution in [0.15, 0.2) is 192 Å². The fourth-order valence-corrected chi connectivity index (χ4v) is 14.4. The summed E-state index contributed by atoms with van der Waals surface area (Å²) >= 11 is 0. The highest BCUT2D eigenvalue weighted by molar-refractivity contribution is 7.91. The predicted molar refractivity (Wildman–Crippen MR) is 373 cm³/mol. The van der Waals surface area contributed by atoms with Gasteiger partial charge in [-0.2, -0.15) is 0 Å². The summed E-state index contributed by atoms with van der Waals surface area (Å²) < 4.78 is 76.1. The van der Waals surface area contributed by atoms with Gasteiger partial charge in [0.25, 0.3) is 0 Å². The zero-order valence-electron chi connectivity index (χ0n) is 57.8. The van der Waals surface area contributed by atoms with Crippen molar-refractivity contribution in [2.45, 2.75) is 16.2 Å². The van der Waals surface area contributed by atoms with Crippen LogP contribution in [0.1, 0.15) is 234 Å². The molecule has 0 saturated carbocycles. The Morgan fingerprint density at radius 1 is 0.222 bits per heavy atom. The molecular weight excluding hydrogens is 1560 g/mol. The van der Waals surface area contributed by atoms with E-state index < -0.39 is 135 Å². The van der Waals surface area contributed by atoms with Crippen LogP contribution in [0, 0.1) is 0 Å². The number of carbonyl (C=O) groups excluding carboxylic acids is 21. The van der Waals surface area contributed by atoms with Gasteiger partial charge in [0.1, 0.15) is 11.5 Å². The highest BCUT2D eigenvalue weighted by Gasteiger charge is 2.41. The zero-order chi connectivity index (χ0) is 82.6. The minimum Gasteiger partial charge on any atom is -0.457 e. The fourth-order valence-electron chi connectivity index (χ4n) is 13.0. The molecule has 0 bridgehead atoms. The SMILES string of the molecule is O=C(c1ccc2c(c1)C(=O)OC2=O)c1ccc2c(c1)C(=O)OC2=O.O=C1OC(=O)c2c1cccc2-c1cccc2c1C(=O)OC2=O.O=C1OC(=O)c2cc(Cc3ccc4c(c3)C(=O)OC4=O)ccc21.O=C1OC(=O)c2cc(Oc3ccc4c(c3)C(=O)OC4=O)ccc21.O=C1OC(=O)c2cc(S(=O)(=O)c3ccc4c(c3)C(=O)OC4=O)ccc21. The van der Waals surface area contributed by atoms with Crippen LogP contribution in [0.3, 0.4) is 0 Å². The molecular formula is C82H32O34S. The van der Waals surface area contributed by atoms with E-state index in [1.54, 1.807) is 60.7 Å². The topological polar surface area (TPSA) is 494 Å². The van der Waals surface area contributed by atoms with E-state index in [4.69, 9.17) is 4.74 Å². The van der Waals surface area contributed by atoms with E-state index in [2.05, 4.69) is 47.4 Å². The van der Waals surface area contributed by atoms with Crippen molar-refractivity contribution >= 4 is 135 Å². The molecule has 0 unspecified atom stereocenters. The van der Waals surface area contributed by atoms with Crippen LogP contribution in [-0.4, -0.2) is 134 Å². The van der Waals surface area contributed by atoms with Crippen molar-refractivity contribution in [3.05, 3.63) is 316 Å². The van der Waals surface area contributed by atoms with Gasteiger partial charge < -0.3 is 52.1 Å². The van der Waals surface area contributed by atoms with Gasteiger partial charge in [0.05, 0.1) is 121 Å². The monoisotopic (exact) mass is 1590 g/mol. The largest absolute Gasteiger partial charge is 0.457 e. The molecule has 0 N–H and O–H groups in total. The van der Waals surface area contributed by atoms with E-state index in [0.29, 0.717) is 17.5 Å². The number of carbonyl (C=O) groups is 21. The first-order valence-electron chi connectivity index (χ1n) is 33.4. The van der Waals surface area contributed by atoms with Gasteiger partial charge >= 0.3 is 119 Å².